The van der Waals surface area contributed by atoms with E-state index in [-0.39, 0.29) is 22.9 Å². The molecule has 1 aromatic heterocycles. The highest BCUT2D eigenvalue weighted by Gasteiger charge is 2.25. The predicted octanol–water partition coefficient (Wildman–Crippen LogP) is 4.78. The molecule has 0 aliphatic rings. The number of hydrogen-bond acceptors (Lipinski definition) is 5. The SMILES string of the molecule is Cc1ccc(C(=O)c2nn(-c3ccc(Cl)cc3)c(NCCNC(=O)c3ccccc3)c2C#N)cc1. The average molecular weight is 484 g/mol. The van der Waals surface area contributed by atoms with Crippen molar-refractivity contribution in [2.75, 3.05) is 18.4 Å². The summed E-state index contributed by atoms with van der Waals surface area (Å²) in [5, 5.41) is 21.0. The Labute approximate surface area is 208 Å². The fourth-order valence-electron chi connectivity index (χ4n) is 3.51. The second-order valence-corrected chi connectivity index (χ2v) is 8.25. The van der Waals surface area contributed by atoms with E-state index in [1.54, 1.807) is 60.7 Å². The zero-order chi connectivity index (χ0) is 24.8. The summed E-state index contributed by atoms with van der Waals surface area (Å²) in [4.78, 5) is 25.5. The summed E-state index contributed by atoms with van der Waals surface area (Å²) in [6, 6.07) is 25.0. The molecule has 2 N–H and O–H groups in total. The second-order valence-electron chi connectivity index (χ2n) is 7.82. The highest BCUT2D eigenvalue weighted by molar-refractivity contribution is 6.30. The van der Waals surface area contributed by atoms with Gasteiger partial charge in [-0.3, -0.25) is 9.59 Å². The number of hydrogen-bond donors (Lipinski definition) is 2. The fourth-order valence-corrected chi connectivity index (χ4v) is 3.63. The molecule has 0 saturated heterocycles. The van der Waals surface area contributed by atoms with Crippen LogP contribution in [0.15, 0.2) is 78.9 Å². The van der Waals surface area contributed by atoms with Gasteiger partial charge in [0.05, 0.1) is 5.69 Å². The molecule has 4 aromatic rings. The van der Waals surface area contributed by atoms with Crippen LogP contribution in [0.4, 0.5) is 5.82 Å². The van der Waals surface area contributed by atoms with Crippen molar-refractivity contribution >= 4 is 29.1 Å². The minimum Gasteiger partial charge on any atom is -0.367 e. The van der Waals surface area contributed by atoms with E-state index in [2.05, 4.69) is 21.8 Å². The Morgan fingerprint density at radius 2 is 1.63 bits per heavy atom. The number of ketones is 1. The molecule has 0 saturated carbocycles. The molecule has 0 aliphatic heterocycles. The average Bonchev–Trinajstić information content (AvgIpc) is 3.25. The summed E-state index contributed by atoms with van der Waals surface area (Å²) in [6.45, 7) is 2.54. The van der Waals surface area contributed by atoms with Crippen molar-refractivity contribution in [2.24, 2.45) is 0 Å². The lowest BCUT2D eigenvalue weighted by atomic mass is 10.0. The van der Waals surface area contributed by atoms with Gasteiger partial charge in [-0.15, -0.1) is 0 Å². The van der Waals surface area contributed by atoms with Gasteiger partial charge in [0.15, 0.2) is 5.69 Å². The van der Waals surface area contributed by atoms with Gasteiger partial charge in [0.1, 0.15) is 17.5 Å². The molecule has 8 heteroatoms. The van der Waals surface area contributed by atoms with E-state index in [4.69, 9.17) is 11.6 Å². The molecular weight excluding hydrogens is 462 g/mol. The van der Waals surface area contributed by atoms with Crippen LogP contribution in [0.25, 0.3) is 5.69 Å². The van der Waals surface area contributed by atoms with Crippen molar-refractivity contribution in [3.05, 3.63) is 112 Å². The largest absolute Gasteiger partial charge is 0.367 e. The number of nitrogens with zero attached hydrogens (tertiary/aromatic N) is 3. The molecule has 1 amide bonds. The van der Waals surface area contributed by atoms with E-state index in [9.17, 15) is 14.9 Å². The topological polar surface area (TPSA) is 99.8 Å². The number of carbonyl (C=O) groups excluding carboxylic acids is 2. The van der Waals surface area contributed by atoms with Crippen LogP contribution in [0.2, 0.25) is 5.02 Å². The van der Waals surface area contributed by atoms with Gasteiger partial charge in [-0.25, -0.2) is 4.68 Å². The second kappa shape index (κ2) is 10.7. The molecule has 0 radical (unpaired) electrons. The first kappa shape index (κ1) is 23.7. The predicted molar refractivity (Wildman–Crippen MR) is 135 cm³/mol. The first-order valence-corrected chi connectivity index (χ1v) is 11.3. The maximum absolute atomic E-state index is 13.2. The number of carbonyl (C=O) groups is 2. The highest BCUT2D eigenvalue weighted by atomic mass is 35.5. The zero-order valence-corrected chi connectivity index (χ0v) is 19.7. The zero-order valence-electron chi connectivity index (χ0n) is 19.0. The molecular formula is C27H22ClN5O2. The number of nitriles is 1. The number of amides is 1. The Morgan fingerprint density at radius 1 is 0.943 bits per heavy atom. The van der Waals surface area contributed by atoms with E-state index in [0.29, 0.717) is 40.7 Å². The van der Waals surface area contributed by atoms with E-state index in [1.807, 2.05) is 25.1 Å². The van der Waals surface area contributed by atoms with Gasteiger partial charge in [-0.1, -0.05) is 59.6 Å². The molecule has 3 aromatic carbocycles. The molecule has 7 nitrogen and oxygen atoms in total. The van der Waals surface area contributed by atoms with Crippen LogP contribution in [-0.4, -0.2) is 34.6 Å². The van der Waals surface area contributed by atoms with Crippen molar-refractivity contribution in [1.82, 2.24) is 15.1 Å². The van der Waals surface area contributed by atoms with E-state index in [1.165, 1.54) is 4.68 Å². The summed E-state index contributed by atoms with van der Waals surface area (Å²) in [6.07, 6.45) is 0. The molecule has 0 fully saturated rings. The van der Waals surface area contributed by atoms with E-state index in [0.717, 1.165) is 5.56 Å². The number of rotatable bonds is 8. The van der Waals surface area contributed by atoms with Gasteiger partial charge >= 0.3 is 0 Å². The summed E-state index contributed by atoms with van der Waals surface area (Å²) in [5.41, 5.74) is 2.82. The molecule has 0 unspecified atom stereocenters. The van der Waals surface area contributed by atoms with Crippen LogP contribution in [0.3, 0.4) is 0 Å². The molecule has 174 valence electrons. The lowest BCUT2D eigenvalue weighted by Gasteiger charge is -2.11. The fraction of sp³-hybridized carbons (Fsp3) is 0.111. The summed E-state index contributed by atoms with van der Waals surface area (Å²) >= 11 is 6.04. The van der Waals surface area contributed by atoms with Crippen molar-refractivity contribution in [3.8, 4) is 11.8 Å². The Kier molecular flexibility index (Phi) is 7.24. The van der Waals surface area contributed by atoms with Crippen LogP contribution in [0.1, 0.15) is 37.5 Å². The summed E-state index contributed by atoms with van der Waals surface area (Å²) < 4.78 is 1.51. The Morgan fingerprint density at radius 3 is 2.29 bits per heavy atom. The number of aryl methyl sites for hydroxylation is 1. The molecule has 4 rings (SSSR count). The first-order chi connectivity index (χ1) is 17.0. The minimum atomic E-state index is -0.352. The number of aromatic nitrogens is 2. The van der Waals surface area contributed by atoms with Gasteiger partial charge in [-0.2, -0.15) is 10.4 Å². The lowest BCUT2D eigenvalue weighted by molar-refractivity contribution is 0.0954. The van der Waals surface area contributed by atoms with Gasteiger partial charge < -0.3 is 10.6 Å². The van der Waals surface area contributed by atoms with Gasteiger partial charge in [0.25, 0.3) is 5.91 Å². The molecule has 35 heavy (non-hydrogen) atoms. The highest BCUT2D eigenvalue weighted by Crippen LogP contribution is 2.26. The van der Waals surface area contributed by atoms with Crippen LogP contribution in [0, 0.1) is 18.3 Å². The standard InChI is InChI=1S/C27H22ClN5O2/c1-18-7-9-19(10-8-18)25(34)24-23(17-29)26(33(32-24)22-13-11-21(28)12-14-22)30-15-16-31-27(35)20-5-3-2-4-6-20/h2-14,30H,15-16H2,1H3,(H,31,35). The molecule has 0 spiro atoms. The van der Waals surface area contributed by atoms with Crippen molar-refractivity contribution in [1.29, 1.82) is 5.26 Å². The van der Waals surface area contributed by atoms with E-state index < -0.39 is 0 Å². The third-order valence-electron chi connectivity index (χ3n) is 5.34. The van der Waals surface area contributed by atoms with Gasteiger partial charge in [0, 0.05) is 29.2 Å². The van der Waals surface area contributed by atoms with Crippen molar-refractivity contribution in [3.63, 3.8) is 0 Å². The van der Waals surface area contributed by atoms with E-state index >= 15 is 0 Å². The Bertz CT molecular complexity index is 1390. The normalized spacial score (nSPS) is 10.4. The number of benzene rings is 3. The molecule has 0 atom stereocenters. The maximum Gasteiger partial charge on any atom is 0.251 e. The first-order valence-electron chi connectivity index (χ1n) is 11.0. The summed E-state index contributed by atoms with van der Waals surface area (Å²) in [5.74, 6) is -0.191. The van der Waals surface area contributed by atoms with Gasteiger partial charge in [-0.05, 0) is 43.3 Å². The van der Waals surface area contributed by atoms with Crippen LogP contribution in [-0.2, 0) is 0 Å². The molecule has 0 bridgehead atoms. The van der Waals surface area contributed by atoms with Crippen LogP contribution < -0.4 is 10.6 Å². The molecule has 1 heterocycles. The Hall–Kier alpha value is -4.41. The summed E-state index contributed by atoms with van der Waals surface area (Å²) in [7, 11) is 0. The van der Waals surface area contributed by atoms with Crippen LogP contribution in [0.5, 0.6) is 0 Å². The van der Waals surface area contributed by atoms with Crippen LogP contribution >= 0.6 is 11.6 Å². The number of anilines is 1. The lowest BCUT2D eigenvalue weighted by Crippen LogP contribution is -2.29. The third-order valence-corrected chi connectivity index (χ3v) is 5.59. The van der Waals surface area contributed by atoms with Crippen molar-refractivity contribution in [2.45, 2.75) is 6.92 Å². The smallest absolute Gasteiger partial charge is 0.251 e. The third kappa shape index (κ3) is 5.40. The minimum absolute atomic E-state index is 0.0436. The van der Waals surface area contributed by atoms with Gasteiger partial charge in [0.2, 0.25) is 5.78 Å². The maximum atomic E-state index is 13.2. The van der Waals surface area contributed by atoms with Crippen molar-refractivity contribution < 1.29 is 9.59 Å². The quantitative estimate of drug-likeness (QED) is 0.277. The monoisotopic (exact) mass is 483 g/mol. The number of nitrogens with one attached hydrogen (secondary N) is 2. The molecule has 0 aliphatic carbocycles. The Balaban J connectivity index is 1.61. The number of halogens is 1.